The molecule has 0 aliphatic heterocycles. The first-order valence-corrected chi connectivity index (χ1v) is 14.8. The second kappa shape index (κ2) is 13.9. The van der Waals surface area contributed by atoms with E-state index in [0.717, 1.165) is 11.8 Å². The minimum absolute atomic E-state index is 0.0281. The van der Waals surface area contributed by atoms with Crippen molar-refractivity contribution in [2.24, 2.45) is 0 Å². The first-order chi connectivity index (χ1) is 18.5. The van der Waals surface area contributed by atoms with Crippen LogP contribution < -0.4 is 9.62 Å². The highest BCUT2D eigenvalue weighted by Gasteiger charge is 2.31. The van der Waals surface area contributed by atoms with E-state index in [0.29, 0.717) is 17.7 Å². The normalized spacial score (nSPS) is 12.1. The molecular weight excluding hydrogens is 517 g/mol. The number of nitrogens with one attached hydrogen (secondary N) is 1. The number of sulfonamides is 1. The summed E-state index contributed by atoms with van der Waals surface area (Å²) >= 11 is 0. The molecule has 3 aromatic carbocycles. The molecule has 0 bridgehead atoms. The monoisotopic (exact) mass is 553 g/mol. The van der Waals surface area contributed by atoms with Gasteiger partial charge in [0.2, 0.25) is 21.8 Å². The van der Waals surface area contributed by atoms with E-state index in [2.05, 4.69) is 5.32 Å². The van der Waals surface area contributed by atoms with E-state index in [1.807, 2.05) is 44.2 Å². The van der Waals surface area contributed by atoms with Gasteiger partial charge in [-0.2, -0.15) is 0 Å². The largest absolute Gasteiger partial charge is 0.352 e. The van der Waals surface area contributed by atoms with Gasteiger partial charge < -0.3 is 10.2 Å². The quantitative estimate of drug-likeness (QED) is 0.337. The highest BCUT2D eigenvalue weighted by Crippen LogP contribution is 2.20. The van der Waals surface area contributed by atoms with Crippen molar-refractivity contribution < 1.29 is 22.4 Å². The van der Waals surface area contributed by atoms with E-state index in [1.54, 1.807) is 42.5 Å². The smallest absolute Gasteiger partial charge is 0.243 e. The van der Waals surface area contributed by atoms with Crippen LogP contribution in [-0.2, 0) is 32.6 Å². The van der Waals surface area contributed by atoms with Crippen LogP contribution in [0.15, 0.2) is 84.9 Å². The minimum atomic E-state index is -3.56. The molecule has 0 aliphatic carbocycles. The Hall–Kier alpha value is -3.72. The zero-order valence-electron chi connectivity index (χ0n) is 22.6. The number of hydrogen-bond acceptors (Lipinski definition) is 4. The predicted molar refractivity (Wildman–Crippen MR) is 152 cm³/mol. The lowest BCUT2D eigenvalue weighted by Gasteiger charge is -2.32. The molecule has 1 atom stereocenters. The van der Waals surface area contributed by atoms with Crippen LogP contribution in [0.4, 0.5) is 10.1 Å². The zero-order chi connectivity index (χ0) is 28.4. The van der Waals surface area contributed by atoms with E-state index in [-0.39, 0.29) is 43.8 Å². The number of carbonyl (C=O) groups excluding carboxylic acids is 2. The van der Waals surface area contributed by atoms with Gasteiger partial charge in [0.05, 0.1) is 11.9 Å². The van der Waals surface area contributed by atoms with Crippen molar-refractivity contribution in [3.8, 4) is 0 Å². The molecule has 0 saturated heterocycles. The summed E-state index contributed by atoms with van der Waals surface area (Å²) in [4.78, 5) is 28.6. The van der Waals surface area contributed by atoms with Crippen LogP contribution in [0.5, 0.6) is 0 Å². The van der Waals surface area contributed by atoms with Gasteiger partial charge in [-0.3, -0.25) is 13.9 Å². The van der Waals surface area contributed by atoms with Gasteiger partial charge in [-0.1, -0.05) is 60.7 Å². The average molecular weight is 554 g/mol. The Balaban J connectivity index is 1.87. The number of rotatable bonds is 13. The number of para-hydroxylation sites is 1. The third kappa shape index (κ3) is 9.21. The lowest BCUT2D eigenvalue weighted by molar-refractivity contribution is -0.141. The Kier molecular flexibility index (Phi) is 10.6. The van der Waals surface area contributed by atoms with E-state index >= 15 is 0 Å². The molecule has 0 fully saturated rings. The second-order valence-electron chi connectivity index (χ2n) is 9.79. The van der Waals surface area contributed by atoms with Crippen molar-refractivity contribution in [2.75, 3.05) is 17.1 Å². The zero-order valence-corrected chi connectivity index (χ0v) is 23.4. The summed E-state index contributed by atoms with van der Waals surface area (Å²) in [5, 5.41) is 2.93. The summed E-state index contributed by atoms with van der Waals surface area (Å²) in [7, 11) is -3.56. The molecule has 2 amide bonds. The number of halogens is 1. The molecule has 0 saturated carbocycles. The van der Waals surface area contributed by atoms with Gasteiger partial charge in [0.25, 0.3) is 0 Å². The van der Waals surface area contributed by atoms with Gasteiger partial charge >= 0.3 is 0 Å². The fraction of sp³-hybridized carbons (Fsp3) is 0.333. The molecular formula is C30H36FN3O4S. The fourth-order valence-corrected chi connectivity index (χ4v) is 5.28. The van der Waals surface area contributed by atoms with Crippen molar-refractivity contribution in [1.82, 2.24) is 10.2 Å². The third-order valence-corrected chi connectivity index (χ3v) is 7.36. The van der Waals surface area contributed by atoms with Crippen molar-refractivity contribution in [1.29, 1.82) is 0 Å². The molecule has 3 aromatic rings. The molecule has 0 spiro atoms. The average Bonchev–Trinajstić information content (AvgIpc) is 2.89. The second-order valence-corrected chi connectivity index (χ2v) is 11.7. The van der Waals surface area contributed by atoms with Crippen LogP contribution in [0.1, 0.15) is 37.8 Å². The molecule has 9 heteroatoms. The Morgan fingerprint density at radius 3 is 2.03 bits per heavy atom. The molecule has 0 aliphatic rings. The number of anilines is 1. The topological polar surface area (TPSA) is 86.8 Å². The molecule has 0 radical (unpaired) electrons. The summed E-state index contributed by atoms with van der Waals surface area (Å²) < 4.78 is 39.8. The molecule has 7 nitrogen and oxygen atoms in total. The lowest BCUT2D eigenvalue weighted by Crippen LogP contribution is -2.51. The maximum atomic E-state index is 13.7. The van der Waals surface area contributed by atoms with Crippen LogP contribution in [0.25, 0.3) is 0 Å². The van der Waals surface area contributed by atoms with E-state index < -0.39 is 21.9 Å². The van der Waals surface area contributed by atoms with E-state index in [4.69, 9.17) is 0 Å². The number of hydrogen-bond donors (Lipinski definition) is 1. The van der Waals surface area contributed by atoms with Gasteiger partial charge in [0.15, 0.2) is 0 Å². The standard InChI is InChI=1S/C30H36FN3O4S/c1-23(2)32-30(36)28(21-24-11-6-4-7-12-24)33(22-25-16-18-26(31)19-17-25)29(35)15-10-20-34(39(3,37)38)27-13-8-5-9-14-27/h4-9,11-14,16-19,23,28H,10,15,20-22H2,1-3H3,(H,32,36)/t28-/m0/s1. The molecule has 1 N–H and O–H groups in total. The summed E-state index contributed by atoms with van der Waals surface area (Å²) in [6.07, 6.45) is 1.71. The van der Waals surface area contributed by atoms with E-state index in [1.165, 1.54) is 21.3 Å². The first-order valence-electron chi connectivity index (χ1n) is 13.0. The van der Waals surface area contributed by atoms with Gasteiger partial charge in [-0.25, -0.2) is 12.8 Å². The Labute approximate surface area is 230 Å². The summed E-state index contributed by atoms with van der Waals surface area (Å²) in [5.41, 5.74) is 2.10. The maximum absolute atomic E-state index is 13.7. The predicted octanol–water partition coefficient (Wildman–Crippen LogP) is 4.54. The molecule has 208 valence electrons. The van der Waals surface area contributed by atoms with Crippen molar-refractivity contribution in [3.63, 3.8) is 0 Å². The third-order valence-electron chi connectivity index (χ3n) is 6.16. The SMILES string of the molecule is CC(C)NC(=O)[C@H](Cc1ccccc1)N(Cc1ccc(F)cc1)C(=O)CCCN(c1ccccc1)S(C)(=O)=O. The number of benzene rings is 3. The molecule has 0 heterocycles. The highest BCUT2D eigenvalue weighted by atomic mass is 32.2. The van der Waals surface area contributed by atoms with Gasteiger partial charge in [0.1, 0.15) is 11.9 Å². The first kappa shape index (κ1) is 29.8. The van der Waals surface area contributed by atoms with Crippen LogP contribution in [0.3, 0.4) is 0 Å². The number of carbonyl (C=O) groups is 2. The highest BCUT2D eigenvalue weighted by molar-refractivity contribution is 7.92. The number of nitrogens with zero attached hydrogens (tertiary/aromatic N) is 2. The van der Waals surface area contributed by atoms with E-state index in [9.17, 15) is 22.4 Å². The van der Waals surface area contributed by atoms with Gasteiger partial charge in [0, 0.05) is 32.0 Å². The van der Waals surface area contributed by atoms with Crippen LogP contribution >= 0.6 is 0 Å². The number of amides is 2. The molecule has 0 unspecified atom stereocenters. The van der Waals surface area contributed by atoms with Gasteiger partial charge in [-0.15, -0.1) is 0 Å². The van der Waals surface area contributed by atoms with Crippen molar-refractivity contribution in [3.05, 3.63) is 102 Å². The van der Waals surface area contributed by atoms with Gasteiger partial charge in [-0.05, 0) is 55.7 Å². The van der Waals surface area contributed by atoms with Crippen molar-refractivity contribution in [2.45, 2.75) is 51.7 Å². The Bertz CT molecular complexity index is 1320. The maximum Gasteiger partial charge on any atom is 0.243 e. The fourth-order valence-electron chi connectivity index (χ4n) is 4.32. The Morgan fingerprint density at radius 2 is 1.46 bits per heavy atom. The van der Waals surface area contributed by atoms with Crippen LogP contribution in [-0.4, -0.2) is 50.0 Å². The molecule has 3 rings (SSSR count). The molecule has 39 heavy (non-hydrogen) atoms. The molecule has 0 aromatic heterocycles. The summed E-state index contributed by atoms with van der Waals surface area (Å²) in [5.74, 6) is -0.969. The minimum Gasteiger partial charge on any atom is -0.352 e. The van der Waals surface area contributed by atoms with Crippen LogP contribution in [0.2, 0.25) is 0 Å². The lowest BCUT2D eigenvalue weighted by atomic mass is 10.0. The summed E-state index contributed by atoms with van der Waals surface area (Å²) in [6.45, 7) is 3.93. The Morgan fingerprint density at radius 1 is 0.872 bits per heavy atom. The van der Waals surface area contributed by atoms with Crippen LogP contribution in [0, 0.1) is 5.82 Å². The van der Waals surface area contributed by atoms with Crippen molar-refractivity contribution >= 4 is 27.5 Å². The summed E-state index contributed by atoms with van der Waals surface area (Å²) in [6, 6.07) is 23.0.